The predicted molar refractivity (Wildman–Crippen MR) is 91.2 cm³/mol. The number of halogens is 1. The van der Waals surface area contributed by atoms with Crippen molar-refractivity contribution in [3.8, 4) is 0 Å². The Morgan fingerprint density at radius 3 is 2.65 bits per heavy atom. The first kappa shape index (κ1) is 15.4. The van der Waals surface area contributed by atoms with Crippen LogP contribution in [0.3, 0.4) is 0 Å². The Morgan fingerprint density at radius 2 is 2.00 bits per heavy atom. The monoisotopic (exact) mass is 354 g/mol. The maximum atomic E-state index is 5.39. The highest BCUT2D eigenvalue weighted by atomic mass is 79.9. The second-order valence-corrected chi connectivity index (χ2v) is 6.22. The Kier molecular flexibility index (Phi) is 5.51. The van der Waals surface area contributed by atoms with Gasteiger partial charge in [-0.1, -0.05) is 28.1 Å². The van der Waals surface area contributed by atoms with Gasteiger partial charge in [0.25, 0.3) is 0 Å². The minimum atomic E-state index is 0.701. The third kappa shape index (κ3) is 4.26. The van der Waals surface area contributed by atoms with Crippen LogP contribution in [0, 0.1) is 0 Å². The zero-order valence-corrected chi connectivity index (χ0v) is 14.2. The summed E-state index contributed by atoms with van der Waals surface area (Å²) < 4.78 is 1.05. The molecule has 0 atom stereocenters. The number of nitrogens with zero attached hydrogens (tertiary/aromatic N) is 3. The molecule has 0 bridgehead atoms. The topological polar surface area (TPSA) is 30.9 Å². The molecule has 0 radical (unpaired) electrons. The molecule has 1 saturated heterocycles. The van der Waals surface area contributed by atoms with Crippen LogP contribution in [0.5, 0.6) is 0 Å². The fourth-order valence-electron chi connectivity index (χ4n) is 1.99. The Labute approximate surface area is 134 Å². The van der Waals surface area contributed by atoms with E-state index in [4.69, 9.17) is 12.2 Å². The van der Waals surface area contributed by atoms with Crippen LogP contribution < -0.4 is 5.43 Å². The van der Waals surface area contributed by atoms with Gasteiger partial charge in [-0.2, -0.15) is 5.10 Å². The van der Waals surface area contributed by atoms with Crippen LogP contribution in [0.2, 0.25) is 0 Å². The molecule has 108 valence electrons. The van der Waals surface area contributed by atoms with Crippen LogP contribution in [-0.4, -0.2) is 53.9 Å². The number of nitrogens with one attached hydrogen (secondary N) is 1. The van der Waals surface area contributed by atoms with Gasteiger partial charge in [0.05, 0.1) is 5.71 Å². The van der Waals surface area contributed by atoms with Gasteiger partial charge in [0.2, 0.25) is 0 Å². The first-order valence-corrected chi connectivity index (χ1v) is 7.80. The minimum Gasteiger partial charge on any atom is -0.345 e. The van der Waals surface area contributed by atoms with Gasteiger partial charge in [0.15, 0.2) is 5.11 Å². The molecular formula is C14H19BrN4S. The number of likely N-dealkylation sites (N-methyl/N-ethyl adjacent to an activating group) is 1. The van der Waals surface area contributed by atoms with Crippen LogP contribution in [0.1, 0.15) is 12.5 Å². The van der Waals surface area contributed by atoms with Gasteiger partial charge in [-0.15, -0.1) is 0 Å². The molecule has 1 N–H and O–H groups in total. The lowest BCUT2D eigenvalue weighted by atomic mass is 10.1. The Bertz CT molecular complexity index is 510. The van der Waals surface area contributed by atoms with E-state index < -0.39 is 0 Å². The highest BCUT2D eigenvalue weighted by molar-refractivity contribution is 9.10. The van der Waals surface area contributed by atoms with Crippen LogP contribution in [0.4, 0.5) is 0 Å². The molecule has 2 rings (SSSR count). The first-order chi connectivity index (χ1) is 9.56. The molecule has 0 saturated carbocycles. The number of hydrogen-bond acceptors (Lipinski definition) is 3. The van der Waals surface area contributed by atoms with Gasteiger partial charge in [-0.05, 0) is 43.9 Å². The van der Waals surface area contributed by atoms with Crippen LogP contribution in [0.15, 0.2) is 33.8 Å². The van der Waals surface area contributed by atoms with Crippen LogP contribution >= 0.6 is 28.1 Å². The van der Waals surface area contributed by atoms with Gasteiger partial charge in [0, 0.05) is 30.7 Å². The largest absolute Gasteiger partial charge is 0.345 e. The van der Waals surface area contributed by atoms with E-state index in [0.29, 0.717) is 5.11 Å². The van der Waals surface area contributed by atoms with E-state index in [9.17, 15) is 0 Å². The van der Waals surface area contributed by atoms with Crippen molar-refractivity contribution in [1.82, 2.24) is 15.2 Å². The molecule has 1 aliphatic heterocycles. The van der Waals surface area contributed by atoms with E-state index in [2.05, 4.69) is 43.3 Å². The van der Waals surface area contributed by atoms with E-state index in [1.165, 1.54) is 0 Å². The SMILES string of the molecule is C/C(=N\NC(=S)N1CCN(C)CC1)c1cccc(Br)c1. The molecule has 4 nitrogen and oxygen atoms in total. The summed E-state index contributed by atoms with van der Waals surface area (Å²) in [4.78, 5) is 4.46. The summed E-state index contributed by atoms with van der Waals surface area (Å²) in [6.45, 7) is 5.95. The molecule has 20 heavy (non-hydrogen) atoms. The van der Waals surface area contributed by atoms with Crippen molar-refractivity contribution in [2.45, 2.75) is 6.92 Å². The molecular weight excluding hydrogens is 336 g/mol. The second-order valence-electron chi connectivity index (χ2n) is 4.91. The number of piperazine rings is 1. The Hall–Kier alpha value is -0.980. The maximum Gasteiger partial charge on any atom is 0.189 e. The number of benzene rings is 1. The Morgan fingerprint density at radius 1 is 1.30 bits per heavy atom. The van der Waals surface area contributed by atoms with Crippen molar-refractivity contribution in [3.63, 3.8) is 0 Å². The van der Waals surface area contributed by atoms with E-state index in [0.717, 1.165) is 41.9 Å². The molecule has 0 spiro atoms. The third-order valence-electron chi connectivity index (χ3n) is 3.35. The number of hydrogen-bond donors (Lipinski definition) is 1. The Balaban J connectivity index is 1.93. The molecule has 0 aliphatic carbocycles. The lowest BCUT2D eigenvalue weighted by molar-refractivity contribution is 0.214. The maximum absolute atomic E-state index is 5.39. The second kappa shape index (κ2) is 7.15. The fraction of sp³-hybridized carbons (Fsp3) is 0.429. The number of thiocarbonyl (C=S) groups is 1. The average Bonchev–Trinajstić information content (AvgIpc) is 2.45. The quantitative estimate of drug-likeness (QED) is 0.501. The van der Waals surface area contributed by atoms with Gasteiger partial charge in [-0.3, -0.25) is 5.43 Å². The summed E-state index contributed by atoms with van der Waals surface area (Å²) in [6.07, 6.45) is 0. The van der Waals surface area contributed by atoms with Crippen LogP contribution in [0.25, 0.3) is 0 Å². The number of rotatable bonds is 2. The van der Waals surface area contributed by atoms with Crippen LogP contribution in [-0.2, 0) is 0 Å². The smallest absolute Gasteiger partial charge is 0.189 e. The summed E-state index contributed by atoms with van der Waals surface area (Å²) in [5, 5.41) is 5.08. The van der Waals surface area contributed by atoms with Gasteiger partial charge < -0.3 is 9.80 Å². The molecule has 1 fully saturated rings. The van der Waals surface area contributed by atoms with Crippen molar-refractivity contribution in [1.29, 1.82) is 0 Å². The molecule has 0 aromatic heterocycles. The molecule has 1 heterocycles. The molecule has 0 amide bonds. The lowest BCUT2D eigenvalue weighted by Gasteiger charge is -2.33. The highest BCUT2D eigenvalue weighted by Gasteiger charge is 2.15. The summed E-state index contributed by atoms with van der Waals surface area (Å²) in [7, 11) is 2.13. The molecule has 0 unspecified atom stereocenters. The van der Waals surface area contributed by atoms with Crippen molar-refractivity contribution in [2.75, 3.05) is 33.2 Å². The third-order valence-corrected chi connectivity index (χ3v) is 4.19. The summed E-state index contributed by atoms with van der Waals surface area (Å²) in [5.74, 6) is 0. The van der Waals surface area contributed by atoms with Gasteiger partial charge in [-0.25, -0.2) is 0 Å². The average molecular weight is 355 g/mol. The molecule has 1 aromatic carbocycles. The van der Waals surface area contributed by atoms with E-state index in [-0.39, 0.29) is 0 Å². The normalized spacial score (nSPS) is 17.1. The van der Waals surface area contributed by atoms with E-state index in [1.807, 2.05) is 31.2 Å². The van der Waals surface area contributed by atoms with E-state index >= 15 is 0 Å². The highest BCUT2D eigenvalue weighted by Crippen LogP contribution is 2.12. The van der Waals surface area contributed by atoms with Gasteiger partial charge >= 0.3 is 0 Å². The molecule has 6 heteroatoms. The molecule has 1 aliphatic rings. The summed E-state index contributed by atoms with van der Waals surface area (Å²) >= 11 is 8.85. The first-order valence-electron chi connectivity index (χ1n) is 6.60. The van der Waals surface area contributed by atoms with Crippen molar-refractivity contribution in [3.05, 3.63) is 34.3 Å². The van der Waals surface area contributed by atoms with Gasteiger partial charge in [0.1, 0.15) is 0 Å². The zero-order chi connectivity index (χ0) is 14.5. The zero-order valence-electron chi connectivity index (χ0n) is 11.8. The number of hydrazone groups is 1. The van der Waals surface area contributed by atoms with Crippen molar-refractivity contribution in [2.24, 2.45) is 5.10 Å². The summed E-state index contributed by atoms with van der Waals surface area (Å²) in [5.41, 5.74) is 4.99. The predicted octanol–water partition coefficient (Wildman–Crippen LogP) is 2.29. The summed E-state index contributed by atoms with van der Waals surface area (Å²) in [6, 6.07) is 8.07. The standard InChI is InChI=1S/C14H19BrN4S/c1-11(12-4-3-5-13(15)10-12)16-17-14(20)19-8-6-18(2)7-9-19/h3-5,10H,6-9H2,1-2H3,(H,17,20)/b16-11+. The van der Waals surface area contributed by atoms with E-state index in [1.54, 1.807) is 0 Å². The molecule has 1 aromatic rings. The minimum absolute atomic E-state index is 0.701. The van der Waals surface area contributed by atoms with Crippen molar-refractivity contribution < 1.29 is 0 Å². The lowest BCUT2D eigenvalue weighted by Crippen LogP contribution is -2.49. The fourth-order valence-corrected chi connectivity index (χ4v) is 2.62. The van der Waals surface area contributed by atoms with Crippen molar-refractivity contribution >= 4 is 39.0 Å².